The van der Waals surface area contributed by atoms with Gasteiger partial charge in [0.15, 0.2) is 0 Å². The van der Waals surface area contributed by atoms with Gasteiger partial charge in [-0.05, 0) is 24.6 Å². The molecule has 0 saturated heterocycles. The molecule has 0 atom stereocenters. The van der Waals surface area contributed by atoms with Gasteiger partial charge in [-0.1, -0.05) is 19.4 Å². The molecule has 1 aromatic carbocycles. The SMILES string of the molecule is CCCCN(CCCl)C(=O)c1cccc(O)c1. The minimum absolute atomic E-state index is 0.0741. The van der Waals surface area contributed by atoms with Gasteiger partial charge in [0.2, 0.25) is 0 Å². The second-order valence-corrected chi connectivity index (χ2v) is 4.26. The summed E-state index contributed by atoms with van der Waals surface area (Å²) in [5.41, 5.74) is 0.506. The topological polar surface area (TPSA) is 40.5 Å². The summed E-state index contributed by atoms with van der Waals surface area (Å²) in [7, 11) is 0. The zero-order valence-electron chi connectivity index (χ0n) is 10.0. The fraction of sp³-hybridized carbons (Fsp3) is 0.462. The van der Waals surface area contributed by atoms with E-state index in [2.05, 4.69) is 6.92 Å². The third-order valence-electron chi connectivity index (χ3n) is 2.52. The number of phenolic OH excluding ortho intramolecular Hbond substituents is 1. The number of aromatic hydroxyl groups is 1. The van der Waals surface area contributed by atoms with Gasteiger partial charge in [0.1, 0.15) is 5.75 Å². The molecule has 17 heavy (non-hydrogen) atoms. The maximum Gasteiger partial charge on any atom is 0.254 e. The van der Waals surface area contributed by atoms with Crippen LogP contribution in [-0.2, 0) is 0 Å². The van der Waals surface area contributed by atoms with E-state index in [0.29, 0.717) is 24.5 Å². The van der Waals surface area contributed by atoms with Crippen LogP contribution in [0.4, 0.5) is 0 Å². The minimum Gasteiger partial charge on any atom is -0.508 e. The highest BCUT2D eigenvalue weighted by Crippen LogP contribution is 2.13. The Bertz CT molecular complexity index is 368. The standard InChI is InChI=1S/C13H18ClNO2/c1-2-3-8-15(9-7-14)13(17)11-5-4-6-12(16)10-11/h4-6,10,16H,2-3,7-9H2,1H3. The van der Waals surface area contributed by atoms with Crippen LogP contribution in [0, 0.1) is 0 Å². The number of unbranched alkanes of at least 4 members (excludes halogenated alkanes) is 1. The quantitative estimate of drug-likeness (QED) is 0.794. The molecule has 0 aromatic heterocycles. The summed E-state index contributed by atoms with van der Waals surface area (Å²) >= 11 is 5.69. The molecule has 0 bridgehead atoms. The first-order valence-corrected chi connectivity index (χ1v) is 6.36. The molecule has 1 N–H and O–H groups in total. The Labute approximate surface area is 107 Å². The number of alkyl halides is 1. The Morgan fingerprint density at radius 1 is 1.41 bits per heavy atom. The Morgan fingerprint density at radius 3 is 2.76 bits per heavy atom. The van der Waals surface area contributed by atoms with E-state index in [1.54, 1.807) is 23.1 Å². The van der Waals surface area contributed by atoms with Crippen molar-refractivity contribution in [3.63, 3.8) is 0 Å². The smallest absolute Gasteiger partial charge is 0.254 e. The van der Waals surface area contributed by atoms with Crippen LogP contribution in [0.1, 0.15) is 30.1 Å². The van der Waals surface area contributed by atoms with E-state index >= 15 is 0 Å². The zero-order valence-corrected chi connectivity index (χ0v) is 10.8. The van der Waals surface area contributed by atoms with E-state index in [1.807, 2.05) is 0 Å². The molecule has 0 aliphatic heterocycles. The van der Waals surface area contributed by atoms with Crippen molar-refractivity contribution in [3.05, 3.63) is 29.8 Å². The van der Waals surface area contributed by atoms with Gasteiger partial charge in [-0.2, -0.15) is 0 Å². The number of phenols is 1. The molecule has 4 heteroatoms. The van der Waals surface area contributed by atoms with Gasteiger partial charge >= 0.3 is 0 Å². The number of carbonyl (C=O) groups excluding carboxylic acids is 1. The van der Waals surface area contributed by atoms with Crippen LogP contribution in [0.5, 0.6) is 5.75 Å². The molecule has 1 rings (SSSR count). The maximum atomic E-state index is 12.1. The van der Waals surface area contributed by atoms with E-state index < -0.39 is 0 Å². The van der Waals surface area contributed by atoms with Crippen molar-refractivity contribution >= 4 is 17.5 Å². The first-order valence-electron chi connectivity index (χ1n) is 5.83. The number of rotatable bonds is 6. The number of halogens is 1. The predicted molar refractivity (Wildman–Crippen MR) is 69.6 cm³/mol. The summed E-state index contributed by atoms with van der Waals surface area (Å²) < 4.78 is 0. The second kappa shape index (κ2) is 7.17. The lowest BCUT2D eigenvalue weighted by molar-refractivity contribution is 0.0763. The van der Waals surface area contributed by atoms with Gasteiger partial charge < -0.3 is 10.0 Å². The second-order valence-electron chi connectivity index (χ2n) is 3.89. The molecule has 0 spiro atoms. The van der Waals surface area contributed by atoms with Crippen molar-refractivity contribution in [1.29, 1.82) is 0 Å². The summed E-state index contributed by atoms with van der Waals surface area (Å²) in [5, 5.41) is 9.35. The summed E-state index contributed by atoms with van der Waals surface area (Å²) in [4.78, 5) is 13.9. The lowest BCUT2D eigenvalue weighted by Crippen LogP contribution is -2.33. The van der Waals surface area contributed by atoms with Crippen molar-refractivity contribution in [2.24, 2.45) is 0 Å². The molecule has 0 aliphatic carbocycles. The van der Waals surface area contributed by atoms with Crippen molar-refractivity contribution in [2.45, 2.75) is 19.8 Å². The average Bonchev–Trinajstić information content (AvgIpc) is 2.33. The molecule has 0 fully saturated rings. The van der Waals surface area contributed by atoms with Gasteiger partial charge in [0.05, 0.1) is 0 Å². The van der Waals surface area contributed by atoms with Gasteiger partial charge in [0.25, 0.3) is 5.91 Å². The molecule has 0 aliphatic rings. The molecule has 0 radical (unpaired) electrons. The third kappa shape index (κ3) is 4.27. The van der Waals surface area contributed by atoms with Crippen LogP contribution in [0.2, 0.25) is 0 Å². The van der Waals surface area contributed by atoms with E-state index in [1.165, 1.54) is 6.07 Å². The fourth-order valence-corrected chi connectivity index (χ4v) is 1.79. The zero-order chi connectivity index (χ0) is 12.7. The average molecular weight is 256 g/mol. The van der Waals surface area contributed by atoms with Crippen molar-refractivity contribution in [2.75, 3.05) is 19.0 Å². The summed E-state index contributed by atoms with van der Waals surface area (Å²) in [6.07, 6.45) is 1.99. The van der Waals surface area contributed by atoms with Crippen LogP contribution < -0.4 is 0 Å². The molecule has 1 aromatic rings. The van der Waals surface area contributed by atoms with Crippen molar-refractivity contribution in [3.8, 4) is 5.75 Å². The van der Waals surface area contributed by atoms with Gasteiger partial charge in [-0.25, -0.2) is 0 Å². The summed E-state index contributed by atoms with van der Waals surface area (Å²) in [6.45, 7) is 3.32. The number of hydrogen-bond donors (Lipinski definition) is 1. The van der Waals surface area contributed by atoms with Crippen LogP contribution >= 0.6 is 11.6 Å². The maximum absolute atomic E-state index is 12.1. The van der Waals surface area contributed by atoms with E-state index in [0.717, 1.165) is 12.8 Å². The lowest BCUT2D eigenvalue weighted by Gasteiger charge is -2.21. The van der Waals surface area contributed by atoms with Crippen LogP contribution in [0.25, 0.3) is 0 Å². The highest BCUT2D eigenvalue weighted by molar-refractivity contribution is 6.18. The third-order valence-corrected chi connectivity index (χ3v) is 2.69. The first-order chi connectivity index (χ1) is 8.19. The molecule has 1 amide bonds. The highest BCUT2D eigenvalue weighted by Gasteiger charge is 2.14. The number of amides is 1. The largest absolute Gasteiger partial charge is 0.508 e. The number of nitrogens with zero attached hydrogens (tertiary/aromatic N) is 1. The molecular formula is C13H18ClNO2. The van der Waals surface area contributed by atoms with Crippen molar-refractivity contribution in [1.82, 2.24) is 4.90 Å². The van der Waals surface area contributed by atoms with Crippen LogP contribution in [0.3, 0.4) is 0 Å². The Morgan fingerprint density at radius 2 is 2.18 bits per heavy atom. The lowest BCUT2D eigenvalue weighted by atomic mass is 10.2. The van der Waals surface area contributed by atoms with Crippen molar-refractivity contribution < 1.29 is 9.90 Å². The van der Waals surface area contributed by atoms with E-state index in [4.69, 9.17) is 11.6 Å². The highest BCUT2D eigenvalue weighted by atomic mass is 35.5. The fourth-order valence-electron chi connectivity index (χ4n) is 1.59. The van der Waals surface area contributed by atoms with E-state index in [-0.39, 0.29) is 11.7 Å². The van der Waals surface area contributed by atoms with Gasteiger partial charge in [-0.3, -0.25) is 4.79 Å². The predicted octanol–water partition coefficient (Wildman–Crippen LogP) is 2.87. The number of hydrogen-bond acceptors (Lipinski definition) is 2. The van der Waals surface area contributed by atoms with E-state index in [9.17, 15) is 9.90 Å². The Hall–Kier alpha value is -1.22. The van der Waals surface area contributed by atoms with Gasteiger partial charge in [0, 0.05) is 24.5 Å². The first kappa shape index (κ1) is 13.8. The minimum atomic E-state index is -0.0741. The number of carbonyl (C=O) groups is 1. The molecule has 3 nitrogen and oxygen atoms in total. The molecule has 0 heterocycles. The number of benzene rings is 1. The van der Waals surface area contributed by atoms with Crippen LogP contribution in [-0.4, -0.2) is 34.9 Å². The van der Waals surface area contributed by atoms with Gasteiger partial charge in [-0.15, -0.1) is 11.6 Å². The molecule has 0 unspecified atom stereocenters. The van der Waals surface area contributed by atoms with Crippen LogP contribution in [0.15, 0.2) is 24.3 Å². The Kier molecular flexibility index (Phi) is 5.84. The monoisotopic (exact) mass is 255 g/mol. The molecule has 0 saturated carbocycles. The normalized spacial score (nSPS) is 10.2. The summed E-state index contributed by atoms with van der Waals surface area (Å²) in [6, 6.07) is 6.40. The molecule has 94 valence electrons. The molecular weight excluding hydrogens is 238 g/mol. The summed E-state index contributed by atoms with van der Waals surface area (Å²) in [5.74, 6) is 0.459. The Balaban J connectivity index is 2.76.